The molecule has 1 atom stereocenters. The second-order valence-electron chi connectivity index (χ2n) is 3.25. The van der Waals surface area contributed by atoms with E-state index in [1.54, 1.807) is 0 Å². The van der Waals surface area contributed by atoms with Gasteiger partial charge in [-0.1, -0.05) is 25.6 Å². The molecule has 13 heavy (non-hydrogen) atoms. The van der Waals surface area contributed by atoms with Crippen molar-refractivity contribution >= 4 is 22.8 Å². The van der Waals surface area contributed by atoms with Crippen LogP contribution in [0.15, 0.2) is 0 Å². The molecule has 0 saturated heterocycles. The fourth-order valence-corrected chi connectivity index (χ4v) is 2.03. The molecule has 0 fully saturated rings. The third kappa shape index (κ3) is 5.69. The van der Waals surface area contributed by atoms with Crippen LogP contribution in [0.5, 0.6) is 0 Å². The average Bonchev–Trinajstić information content (AvgIpc) is 2.00. The van der Waals surface area contributed by atoms with Crippen LogP contribution in [-0.2, 0) is 14.3 Å². The van der Waals surface area contributed by atoms with Crippen LogP contribution in [0, 0.1) is 5.92 Å². The molecule has 0 amide bonds. The van der Waals surface area contributed by atoms with Gasteiger partial charge >= 0.3 is 5.97 Å². The van der Waals surface area contributed by atoms with Crippen molar-refractivity contribution in [1.82, 2.24) is 0 Å². The average molecular weight is 204 g/mol. The fraction of sp³-hybridized carbons (Fsp3) is 0.778. The first kappa shape index (κ1) is 12.5. The first-order valence-corrected chi connectivity index (χ1v) is 5.10. The highest BCUT2D eigenvalue weighted by Gasteiger charge is 2.22. The summed E-state index contributed by atoms with van der Waals surface area (Å²) in [5, 5.41) is -0.390. The van der Waals surface area contributed by atoms with Gasteiger partial charge < -0.3 is 4.74 Å². The van der Waals surface area contributed by atoms with Crippen molar-refractivity contribution in [2.75, 3.05) is 7.11 Å². The highest BCUT2D eigenvalue weighted by atomic mass is 32.2. The van der Waals surface area contributed by atoms with Gasteiger partial charge in [0.25, 0.3) is 0 Å². The van der Waals surface area contributed by atoms with E-state index < -0.39 is 0 Å². The molecule has 0 saturated carbocycles. The molecule has 0 spiro atoms. The molecule has 4 heteroatoms. The minimum Gasteiger partial charge on any atom is -0.468 e. The summed E-state index contributed by atoms with van der Waals surface area (Å²) in [7, 11) is 1.34. The van der Waals surface area contributed by atoms with Crippen molar-refractivity contribution in [3.63, 3.8) is 0 Å². The number of thioether (sulfide) groups is 1. The van der Waals surface area contributed by atoms with Crippen LogP contribution in [0.3, 0.4) is 0 Å². The number of carbonyl (C=O) groups excluding carboxylic acids is 2. The number of carbonyl (C=O) groups is 2. The van der Waals surface area contributed by atoms with Crippen molar-refractivity contribution in [3.8, 4) is 0 Å². The van der Waals surface area contributed by atoms with Gasteiger partial charge in [0.1, 0.15) is 5.25 Å². The first-order chi connectivity index (χ1) is 5.97. The maximum atomic E-state index is 11.2. The Bertz CT molecular complexity index is 189. The molecule has 3 nitrogen and oxygen atoms in total. The smallest absolute Gasteiger partial charge is 0.319 e. The summed E-state index contributed by atoms with van der Waals surface area (Å²) >= 11 is 1.05. The zero-order chi connectivity index (χ0) is 10.4. The van der Waals surface area contributed by atoms with Gasteiger partial charge in [0.05, 0.1) is 7.11 Å². The molecule has 0 aromatic heterocycles. The Hall–Kier alpha value is -0.510. The van der Waals surface area contributed by atoms with Gasteiger partial charge in [-0.25, -0.2) is 0 Å². The molecule has 0 bridgehead atoms. The van der Waals surface area contributed by atoms with Gasteiger partial charge in [0.2, 0.25) is 0 Å². The maximum Gasteiger partial charge on any atom is 0.319 e. The third-order valence-electron chi connectivity index (χ3n) is 1.46. The zero-order valence-electron chi connectivity index (χ0n) is 8.49. The lowest BCUT2D eigenvalue weighted by Crippen LogP contribution is -2.22. The summed E-state index contributed by atoms with van der Waals surface area (Å²) in [6.07, 6.45) is 0.678. The van der Waals surface area contributed by atoms with Crippen LogP contribution >= 0.6 is 11.8 Å². The molecule has 0 heterocycles. The van der Waals surface area contributed by atoms with Crippen LogP contribution in [0.1, 0.15) is 27.2 Å². The Morgan fingerprint density at radius 2 is 1.92 bits per heavy atom. The monoisotopic (exact) mass is 204 g/mol. The molecule has 0 aliphatic heterocycles. The van der Waals surface area contributed by atoms with Gasteiger partial charge in [-0.05, 0) is 12.3 Å². The van der Waals surface area contributed by atoms with Gasteiger partial charge in [-0.15, -0.1) is 0 Å². The number of ether oxygens (including phenoxy) is 1. The Morgan fingerprint density at radius 3 is 2.23 bits per heavy atom. The Kier molecular flexibility index (Phi) is 5.79. The largest absolute Gasteiger partial charge is 0.468 e. The molecule has 0 aliphatic rings. The fourth-order valence-electron chi connectivity index (χ4n) is 0.952. The van der Waals surface area contributed by atoms with E-state index in [1.165, 1.54) is 14.0 Å². The predicted molar refractivity (Wildman–Crippen MR) is 53.5 cm³/mol. The van der Waals surface area contributed by atoms with E-state index in [0.717, 1.165) is 11.8 Å². The van der Waals surface area contributed by atoms with Crippen LogP contribution in [0.25, 0.3) is 0 Å². The van der Waals surface area contributed by atoms with Crippen molar-refractivity contribution in [2.24, 2.45) is 5.92 Å². The highest BCUT2D eigenvalue weighted by molar-refractivity contribution is 8.14. The molecule has 0 radical (unpaired) electrons. The lowest BCUT2D eigenvalue weighted by molar-refractivity contribution is -0.140. The number of esters is 1. The highest BCUT2D eigenvalue weighted by Crippen LogP contribution is 2.20. The Morgan fingerprint density at radius 1 is 1.38 bits per heavy atom. The van der Waals surface area contributed by atoms with E-state index in [9.17, 15) is 9.59 Å². The second-order valence-corrected chi connectivity index (χ2v) is 4.63. The second kappa shape index (κ2) is 6.02. The normalized spacial score (nSPS) is 12.7. The van der Waals surface area contributed by atoms with E-state index in [2.05, 4.69) is 4.74 Å². The van der Waals surface area contributed by atoms with Crippen LogP contribution in [0.2, 0.25) is 0 Å². The molecule has 0 N–H and O–H groups in total. The molecular weight excluding hydrogens is 188 g/mol. The molecule has 0 unspecified atom stereocenters. The summed E-state index contributed by atoms with van der Waals surface area (Å²) in [5.41, 5.74) is 0. The summed E-state index contributed by atoms with van der Waals surface area (Å²) in [6, 6.07) is 0. The summed E-state index contributed by atoms with van der Waals surface area (Å²) in [5.74, 6) is 0.0739. The van der Waals surface area contributed by atoms with Gasteiger partial charge in [-0.2, -0.15) is 0 Å². The Labute approximate surface area is 83.2 Å². The molecule has 0 rings (SSSR count). The predicted octanol–water partition coefficient (Wildman–Crippen LogP) is 1.85. The lowest BCUT2D eigenvalue weighted by Gasteiger charge is -2.14. The van der Waals surface area contributed by atoms with Gasteiger partial charge in [-0.3, -0.25) is 9.59 Å². The quantitative estimate of drug-likeness (QED) is 0.655. The third-order valence-corrected chi connectivity index (χ3v) is 2.46. The van der Waals surface area contributed by atoms with Crippen molar-refractivity contribution in [2.45, 2.75) is 32.4 Å². The summed E-state index contributed by atoms with van der Waals surface area (Å²) in [4.78, 5) is 22.0. The molecule has 0 aromatic carbocycles. The van der Waals surface area contributed by atoms with Gasteiger partial charge in [0, 0.05) is 6.92 Å². The van der Waals surface area contributed by atoms with Crippen molar-refractivity contribution < 1.29 is 14.3 Å². The molecular formula is C9H16O3S. The van der Waals surface area contributed by atoms with Crippen LogP contribution < -0.4 is 0 Å². The lowest BCUT2D eigenvalue weighted by atomic mass is 10.1. The number of rotatable bonds is 4. The van der Waals surface area contributed by atoms with Crippen LogP contribution in [-0.4, -0.2) is 23.4 Å². The molecule has 0 aromatic rings. The van der Waals surface area contributed by atoms with Gasteiger partial charge in [0.15, 0.2) is 5.12 Å². The van der Waals surface area contributed by atoms with Crippen LogP contribution in [0.4, 0.5) is 0 Å². The maximum absolute atomic E-state index is 11.2. The summed E-state index contributed by atoms with van der Waals surface area (Å²) in [6.45, 7) is 5.48. The van der Waals surface area contributed by atoms with E-state index in [4.69, 9.17) is 0 Å². The van der Waals surface area contributed by atoms with Crippen molar-refractivity contribution in [1.29, 1.82) is 0 Å². The standard InChI is InChI=1S/C9H16O3S/c1-6(2)5-8(9(11)12-4)13-7(3)10/h6,8H,5H2,1-4H3/t8-/m1/s1. The summed E-state index contributed by atoms with van der Waals surface area (Å²) < 4.78 is 4.60. The number of hydrogen-bond donors (Lipinski definition) is 0. The molecule has 76 valence electrons. The Balaban J connectivity index is 4.18. The SMILES string of the molecule is COC(=O)[C@@H](CC(C)C)SC(C)=O. The first-order valence-electron chi connectivity index (χ1n) is 4.22. The van der Waals surface area contributed by atoms with E-state index in [1.807, 2.05) is 13.8 Å². The number of hydrogen-bond acceptors (Lipinski definition) is 4. The van der Waals surface area contributed by atoms with E-state index in [0.29, 0.717) is 12.3 Å². The van der Waals surface area contributed by atoms with E-state index >= 15 is 0 Å². The minimum atomic E-state index is -0.345. The minimum absolute atomic E-state index is 0.0453. The topological polar surface area (TPSA) is 43.4 Å². The number of methoxy groups -OCH3 is 1. The van der Waals surface area contributed by atoms with E-state index in [-0.39, 0.29) is 16.3 Å². The molecule has 0 aliphatic carbocycles. The van der Waals surface area contributed by atoms with Crippen molar-refractivity contribution in [3.05, 3.63) is 0 Å². The zero-order valence-corrected chi connectivity index (χ0v) is 9.31.